The van der Waals surface area contributed by atoms with Crippen molar-refractivity contribution in [3.05, 3.63) is 88.5 Å². The maximum absolute atomic E-state index is 11.9. The summed E-state index contributed by atoms with van der Waals surface area (Å²) in [6.45, 7) is 13.0. The van der Waals surface area contributed by atoms with E-state index in [4.69, 9.17) is 4.74 Å². The van der Waals surface area contributed by atoms with Crippen LogP contribution < -0.4 is 15.4 Å². The first kappa shape index (κ1) is 27.7. The summed E-state index contributed by atoms with van der Waals surface area (Å²) in [4.78, 5) is 23.7. The molecule has 0 radical (unpaired) electrons. The van der Waals surface area contributed by atoms with Gasteiger partial charge in [0.05, 0.1) is 11.1 Å². The van der Waals surface area contributed by atoms with E-state index in [9.17, 15) is 19.8 Å². The number of carbonyl (C=O) groups is 2. The highest BCUT2D eigenvalue weighted by Gasteiger charge is 2.20. The number of benzene rings is 3. The summed E-state index contributed by atoms with van der Waals surface area (Å²) < 4.78 is 5.95. The van der Waals surface area contributed by atoms with Gasteiger partial charge in [0.25, 0.3) is 0 Å². The minimum absolute atomic E-state index is 0.0186. The van der Waals surface area contributed by atoms with Gasteiger partial charge >= 0.3 is 11.9 Å². The zero-order chi connectivity index (χ0) is 27.4. The molecule has 0 aliphatic heterocycles. The molecular weight excluding hydrogens is 468 g/mol. The molecule has 0 amide bonds. The largest absolute Gasteiger partial charge is 0.478 e. The number of carboxylic acids is 2. The van der Waals surface area contributed by atoms with E-state index >= 15 is 0 Å². The maximum Gasteiger partial charge on any atom is 0.336 e. The highest BCUT2D eigenvalue weighted by molar-refractivity contribution is 5.96. The zero-order valence-corrected chi connectivity index (χ0v) is 22.3. The molecule has 0 saturated carbocycles. The van der Waals surface area contributed by atoms with Gasteiger partial charge in [-0.15, -0.1) is 0 Å². The number of hydrogen-bond acceptors (Lipinski definition) is 5. The molecule has 7 nitrogen and oxygen atoms in total. The summed E-state index contributed by atoms with van der Waals surface area (Å²) in [6, 6.07) is 18.3. The third-order valence-electron chi connectivity index (χ3n) is 5.89. The van der Waals surface area contributed by atoms with Gasteiger partial charge in [-0.05, 0) is 85.3 Å². The van der Waals surface area contributed by atoms with Crippen LogP contribution in [0.15, 0.2) is 60.7 Å². The molecule has 0 aliphatic carbocycles. The molecule has 0 heterocycles. The molecule has 0 atom stereocenters. The topological polar surface area (TPSA) is 108 Å². The van der Waals surface area contributed by atoms with Crippen molar-refractivity contribution in [3.63, 3.8) is 0 Å². The zero-order valence-electron chi connectivity index (χ0n) is 22.3. The number of rotatable bonds is 9. The van der Waals surface area contributed by atoms with Crippen molar-refractivity contribution in [1.29, 1.82) is 0 Å². The third-order valence-corrected chi connectivity index (χ3v) is 5.89. The number of hydrogen-bond donors (Lipinski definition) is 4. The van der Waals surface area contributed by atoms with Gasteiger partial charge in [0, 0.05) is 24.3 Å². The fraction of sp³-hybridized carbons (Fsp3) is 0.333. The molecule has 37 heavy (non-hydrogen) atoms. The highest BCUT2D eigenvalue weighted by atomic mass is 16.5. The van der Waals surface area contributed by atoms with Crippen LogP contribution in [0.2, 0.25) is 0 Å². The van der Waals surface area contributed by atoms with Crippen LogP contribution in [0.25, 0.3) is 0 Å². The lowest BCUT2D eigenvalue weighted by Crippen LogP contribution is -2.35. The highest BCUT2D eigenvalue weighted by Crippen LogP contribution is 2.28. The molecule has 0 spiro atoms. The Morgan fingerprint density at radius 1 is 0.730 bits per heavy atom. The first-order valence-corrected chi connectivity index (χ1v) is 12.2. The lowest BCUT2D eigenvalue weighted by atomic mass is 9.87. The van der Waals surface area contributed by atoms with Crippen LogP contribution in [0.1, 0.15) is 78.9 Å². The van der Waals surface area contributed by atoms with Crippen LogP contribution in [-0.2, 0) is 18.5 Å². The molecule has 0 saturated heterocycles. The van der Waals surface area contributed by atoms with E-state index in [2.05, 4.69) is 43.5 Å². The van der Waals surface area contributed by atoms with E-state index in [0.717, 1.165) is 11.4 Å². The summed E-state index contributed by atoms with van der Waals surface area (Å²) in [6.07, 6.45) is 0. The summed E-state index contributed by atoms with van der Waals surface area (Å²) in [7, 11) is 0. The van der Waals surface area contributed by atoms with Crippen LogP contribution in [0.5, 0.6) is 11.5 Å². The van der Waals surface area contributed by atoms with Gasteiger partial charge in [0.15, 0.2) is 0 Å². The molecule has 0 bridgehead atoms. The predicted molar refractivity (Wildman–Crippen MR) is 146 cm³/mol. The van der Waals surface area contributed by atoms with E-state index < -0.39 is 11.9 Å². The normalized spacial score (nSPS) is 11.7. The van der Waals surface area contributed by atoms with E-state index in [0.29, 0.717) is 23.4 Å². The van der Waals surface area contributed by atoms with Crippen molar-refractivity contribution in [2.75, 3.05) is 5.32 Å². The monoisotopic (exact) mass is 504 g/mol. The number of anilines is 1. The average molecular weight is 505 g/mol. The Kier molecular flexibility index (Phi) is 8.28. The Bertz CT molecular complexity index is 1250. The Balaban J connectivity index is 1.74. The van der Waals surface area contributed by atoms with Crippen molar-refractivity contribution < 1.29 is 24.5 Å². The standard InChI is InChI=1S/C30H36N2O5/c1-29(2,3)21-7-11-23(12-8-21)37-24-13-9-22(10-14-24)31-17-19-15-20(18-32-30(4,5)6)26(28(35)36)16-25(19)27(33)34/h7-16,31-32H,17-18H2,1-6H3,(H,33,34)(H,35,36). The lowest BCUT2D eigenvalue weighted by Gasteiger charge is -2.22. The first-order chi connectivity index (χ1) is 17.2. The third kappa shape index (κ3) is 7.82. The number of ether oxygens (including phenoxy) is 1. The Morgan fingerprint density at radius 2 is 1.22 bits per heavy atom. The molecule has 0 unspecified atom stereocenters. The number of nitrogens with one attached hydrogen (secondary N) is 2. The minimum atomic E-state index is -1.17. The Morgan fingerprint density at radius 3 is 1.68 bits per heavy atom. The smallest absolute Gasteiger partial charge is 0.336 e. The van der Waals surface area contributed by atoms with Crippen LogP contribution in [-0.4, -0.2) is 27.7 Å². The summed E-state index contributed by atoms with van der Waals surface area (Å²) in [5.74, 6) is -0.899. The summed E-state index contributed by atoms with van der Waals surface area (Å²) >= 11 is 0. The van der Waals surface area contributed by atoms with Crippen molar-refractivity contribution in [3.8, 4) is 11.5 Å². The molecule has 7 heteroatoms. The average Bonchev–Trinajstić information content (AvgIpc) is 2.81. The molecule has 4 N–H and O–H groups in total. The van der Waals surface area contributed by atoms with Gasteiger partial charge in [-0.1, -0.05) is 39.0 Å². The summed E-state index contributed by atoms with van der Waals surface area (Å²) in [5, 5.41) is 25.8. The van der Waals surface area contributed by atoms with Crippen LogP contribution in [0, 0.1) is 0 Å². The second-order valence-corrected chi connectivity index (χ2v) is 11.1. The van der Waals surface area contributed by atoms with Crippen LogP contribution >= 0.6 is 0 Å². The fourth-order valence-electron chi connectivity index (χ4n) is 3.74. The van der Waals surface area contributed by atoms with Crippen molar-refractivity contribution in [2.24, 2.45) is 0 Å². The SMILES string of the molecule is CC(C)(C)NCc1cc(CNc2ccc(Oc3ccc(C(C)(C)C)cc3)cc2)c(C(=O)O)cc1C(=O)O. The predicted octanol–water partition coefficient (Wildman–Crippen LogP) is 6.67. The Labute approximate surface area is 218 Å². The van der Waals surface area contributed by atoms with E-state index in [1.807, 2.05) is 57.2 Å². The van der Waals surface area contributed by atoms with E-state index in [1.54, 1.807) is 6.07 Å². The van der Waals surface area contributed by atoms with E-state index in [1.165, 1.54) is 11.6 Å². The molecule has 0 aliphatic rings. The van der Waals surface area contributed by atoms with Gasteiger partial charge in [-0.25, -0.2) is 9.59 Å². The molecule has 0 fully saturated rings. The van der Waals surface area contributed by atoms with E-state index in [-0.39, 0.29) is 28.6 Å². The van der Waals surface area contributed by atoms with Crippen LogP contribution in [0.4, 0.5) is 5.69 Å². The first-order valence-electron chi connectivity index (χ1n) is 12.2. The molecule has 0 aromatic heterocycles. The second kappa shape index (κ2) is 11.0. The van der Waals surface area contributed by atoms with Gasteiger partial charge in [-0.2, -0.15) is 0 Å². The van der Waals surface area contributed by atoms with Gasteiger partial charge in [-0.3, -0.25) is 0 Å². The van der Waals surface area contributed by atoms with Gasteiger partial charge < -0.3 is 25.6 Å². The van der Waals surface area contributed by atoms with Crippen molar-refractivity contribution in [1.82, 2.24) is 5.32 Å². The molecule has 3 rings (SSSR count). The lowest BCUT2D eigenvalue weighted by molar-refractivity contribution is 0.0694. The molecule has 3 aromatic rings. The Hall–Kier alpha value is -3.84. The number of aromatic carboxylic acids is 2. The van der Waals surface area contributed by atoms with Crippen molar-refractivity contribution >= 4 is 17.6 Å². The second-order valence-electron chi connectivity index (χ2n) is 11.1. The van der Waals surface area contributed by atoms with Gasteiger partial charge in [0.1, 0.15) is 11.5 Å². The van der Waals surface area contributed by atoms with Crippen LogP contribution in [0.3, 0.4) is 0 Å². The quantitative estimate of drug-likeness (QED) is 0.258. The molecular formula is C30H36N2O5. The van der Waals surface area contributed by atoms with Gasteiger partial charge in [0.2, 0.25) is 0 Å². The minimum Gasteiger partial charge on any atom is -0.478 e. The molecule has 196 valence electrons. The number of carboxylic acid groups (broad SMARTS) is 2. The fourth-order valence-corrected chi connectivity index (χ4v) is 3.74. The molecule has 3 aromatic carbocycles. The maximum atomic E-state index is 11.9. The van der Waals surface area contributed by atoms with Crippen molar-refractivity contribution in [2.45, 2.75) is 65.6 Å². The summed E-state index contributed by atoms with van der Waals surface area (Å²) in [5.41, 5.74) is 2.84.